The number of anilines is 3. The molecule has 1 spiro atoms. The molecule has 2 saturated heterocycles. The van der Waals surface area contributed by atoms with E-state index in [-0.39, 0.29) is 49.4 Å². The lowest BCUT2D eigenvalue weighted by molar-refractivity contribution is -0.210. The van der Waals surface area contributed by atoms with Crippen molar-refractivity contribution >= 4 is 34.7 Å². The van der Waals surface area contributed by atoms with E-state index in [1.807, 2.05) is 36.1 Å². The van der Waals surface area contributed by atoms with Crippen molar-refractivity contribution in [3.8, 4) is 11.3 Å². The first-order chi connectivity index (χ1) is 26.6. The highest BCUT2D eigenvalue weighted by Crippen LogP contribution is 2.51. The Hall–Kier alpha value is -5.01. The number of methoxy groups -OCH3 is 1. The Morgan fingerprint density at radius 2 is 1.88 bits per heavy atom. The number of aromatic nitrogens is 4. The number of hydrogen-bond acceptors (Lipinski definition) is 10. The van der Waals surface area contributed by atoms with Gasteiger partial charge in [0, 0.05) is 63.3 Å². The molecule has 56 heavy (non-hydrogen) atoms. The maximum atomic E-state index is 15.9. The van der Waals surface area contributed by atoms with Crippen LogP contribution in [0.15, 0.2) is 42.7 Å². The summed E-state index contributed by atoms with van der Waals surface area (Å²) in [5.41, 5.74) is 3.97. The van der Waals surface area contributed by atoms with Crippen molar-refractivity contribution in [2.75, 3.05) is 57.1 Å². The fourth-order valence-corrected chi connectivity index (χ4v) is 7.91. The van der Waals surface area contributed by atoms with Crippen LogP contribution in [-0.4, -0.2) is 113 Å². The van der Waals surface area contributed by atoms with Crippen molar-refractivity contribution < 1.29 is 45.8 Å². The minimum Gasteiger partial charge on any atom is -0.475 e. The topological polar surface area (TPSA) is 149 Å². The number of pyridine rings is 1. The van der Waals surface area contributed by atoms with Gasteiger partial charge < -0.3 is 30.7 Å². The van der Waals surface area contributed by atoms with E-state index in [9.17, 15) is 26.7 Å². The van der Waals surface area contributed by atoms with Crippen LogP contribution in [-0.2, 0) is 16.0 Å². The van der Waals surface area contributed by atoms with Crippen LogP contribution in [0.1, 0.15) is 53.8 Å². The number of carbonyl (C=O) groups is 2. The maximum Gasteiger partial charge on any atom is 0.490 e. The van der Waals surface area contributed by atoms with Crippen LogP contribution in [0.3, 0.4) is 0 Å². The molecule has 19 heteroatoms. The summed E-state index contributed by atoms with van der Waals surface area (Å²) in [5, 5.41) is 21.0. The van der Waals surface area contributed by atoms with Gasteiger partial charge in [-0.15, -0.1) is 5.10 Å². The molecule has 8 rings (SSSR count). The number of nitrogens with zero attached hydrogens (tertiary/aromatic N) is 6. The van der Waals surface area contributed by atoms with Gasteiger partial charge in [-0.1, -0.05) is 12.1 Å². The zero-order chi connectivity index (χ0) is 40.2. The Balaban J connectivity index is 0.000000629. The minimum atomic E-state index is -5.08. The molecule has 1 saturated carbocycles. The van der Waals surface area contributed by atoms with Crippen LogP contribution in [0.4, 0.5) is 43.5 Å². The number of nitrogens with one attached hydrogen (secondary N) is 3. The number of aliphatic carboxylic acids is 1. The molecular formula is C37H41F6N9O4. The number of likely N-dealkylation sites (tertiary alicyclic amines) is 1. The highest BCUT2D eigenvalue weighted by Gasteiger charge is 2.61. The number of carbonyl (C=O) groups excluding carboxylic acids is 1. The minimum absolute atomic E-state index is 0.00290. The van der Waals surface area contributed by atoms with E-state index in [0.29, 0.717) is 59.9 Å². The first-order valence-electron chi connectivity index (χ1n) is 18.2. The van der Waals surface area contributed by atoms with Crippen molar-refractivity contribution in [3.63, 3.8) is 0 Å². The fraction of sp³-hybridized carbons (Fsp3) is 0.486. The lowest BCUT2D eigenvalue weighted by Crippen LogP contribution is -2.69. The van der Waals surface area contributed by atoms with E-state index in [1.54, 1.807) is 24.9 Å². The van der Waals surface area contributed by atoms with Gasteiger partial charge in [-0.05, 0) is 62.4 Å². The second-order valence-corrected chi connectivity index (χ2v) is 14.6. The number of fused-ring (bicyclic) bond motifs is 2. The van der Waals surface area contributed by atoms with E-state index >= 15 is 4.39 Å². The number of imidazole rings is 1. The highest BCUT2D eigenvalue weighted by atomic mass is 19.4. The molecule has 3 aromatic heterocycles. The zero-order valence-electron chi connectivity index (χ0n) is 30.8. The lowest BCUT2D eigenvalue weighted by Gasteiger charge is -2.57. The predicted octanol–water partition coefficient (Wildman–Crippen LogP) is 5.20. The average Bonchev–Trinajstić information content (AvgIpc) is 3.77. The summed E-state index contributed by atoms with van der Waals surface area (Å²) in [6.07, 6.45) is 0.928. The standard InChI is InChI=1S/C35H40F3N9O2.C2HF3O2/c1-20(45-18-34(19-45)10-11-40-17-35(34,37)38)21-13-24(36)31(41-15-21)23-5-4-6-27-22(23)9-12-46(27)30-14-26(39-2)32-42-16-28(47(32)44-30)33(48)43-25-7-8-29(25)49-3;3-2(4,5)1(6)7/h4-6,13-16,20,25,29,39-40H,7-12,17-19H2,1-3H3,(H,43,48);(H,6,7)/t20-,25-,29-;/m1./s1. The number of halogens is 6. The molecular weight excluding hydrogens is 748 g/mol. The molecule has 1 aliphatic carbocycles. The summed E-state index contributed by atoms with van der Waals surface area (Å²) in [5.74, 6) is -5.62. The summed E-state index contributed by atoms with van der Waals surface area (Å²) >= 11 is 0. The largest absolute Gasteiger partial charge is 0.490 e. The summed E-state index contributed by atoms with van der Waals surface area (Å²) in [7, 11) is 3.44. The van der Waals surface area contributed by atoms with Crippen LogP contribution in [0.25, 0.3) is 16.9 Å². The number of piperidine rings is 1. The van der Waals surface area contributed by atoms with Crippen molar-refractivity contribution in [3.05, 3.63) is 65.4 Å². The number of alkyl halides is 5. The third-order valence-electron chi connectivity index (χ3n) is 11.4. The molecule has 13 nitrogen and oxygen atoms in total. The van der Waals surface area contributed by atoms with Crippen LogP contribution in [0.5, 0.6) is 0 Å². The number of rotatable bonds is 8. The zero-order valence-corrected chi connectivity index (χ0v) is 30.8. The molecule has 0 unspecified atom stereocenters. The third kappa shape index (κ3) is 7.00. The number of ether oxygens (including phenoxy) is 1. The van der Waals surface area contributed by atoms with Gasteiger partial charge in [0.2, 0.25) is 0 Å². The molecule has 6 heterocycles. The average molecular weight is 790 g/mol. The fourth-order valence-electron chi connectivity index (χ4n) is 7.91. The van der Waals surface area contributed by atoms with Gasteiger partial charge in [0.05, 0.1) is 36.0 Å². The molecule has 3 fully saturated rings. The molecule has 1 aromatic carbocycles. The van der Waals surface area contributed by atoms with Gasteiger partial charge >= 0.3 is 12.1 Å². The van der Waals surface area contributed by atoms with Crippen LogP contribution in [0.2, 0.25) is 0 Å². The van der Waals surface area contributed by atoms with Gasteiger partial charge in [-0.2, -0.15) is 13.2 Å². The van der Waals surface area contributed by atoms with E-state index < -0.39 is 29.3 Å². The number of amides is 1. The predicted molar refractivity (Wildman–Crippen MR) is 193 cm³/mol. The quantitative estimate of drug-likeness (QED) is 0.175. The SMILES string of the molecule is CNc1cc(N2CCc3c(-c4ncc([C@@H](C)N5CC6(CCNCC6(F)F)C5)cc4F)cccc32)nn2c(C(=O)N[C@@H]3CC[C@H]3OC)cnc12.O=C(O)C(F)(F)F. The highest BCUT2D eigenvalue weighted by molar-refractivity contribution is 5.94. The van der Waals surface area contributed by atoms with Gasteiger partial charge in [-0.25, -0.2) is 27.5 Å². The smallest absolute Gasteiger partial charge is 0.475 e. The van der Waals surface area contributed by atoms with Gasteiger partial charge in [-0.3, -0.25) is 14.7 Å². The van der Waals surface area contributed by atoms with E-state index in [0.717, 1.165) is 24.1 Å². The maximum absolute atomic E-state index is 15.9. The lowest BCUT2D eigenvalue weighted by atomic mass is 9.69. The molecule has 0 bridgehead atoms. The summed E-state index contributed by atoms with van der Waals surface area (Å²) in [6.45, 7) is 3.36. The normalized spacial score (nSPS) is 21.7. The summed E-state index contributed by atoms with van der Waals surface area (Å²) < 4.78 is 84.0. The summed E-state index contributed by atoms with van der Waals surface area (Å²) in [6, 6.07) is 8.82. The molecule has 4 aliphatic rings. The van der Waals surface area contributed by atoms with Crippen LogP contribution in [0, 0.1) is 11.2 Å². The first-order valence-corrected chi connectivity index (χ1v) is 18.2. The third-order valence-corrected chi connectivity index (χ3v) is 11.4. The van der Waals surface area contributed by atoms with E-state index in [2.05, 4.69) is 30.8 Å². The Kier molecular flexibility index (Phi) is 10.4. The van der Waals surface area contributed by atoms with Gasteiger partial charge in [0.1, 0.15) is 11.5 Å². The van der Waals surface area contributed by atoms with Crippen molar-refractivity contribution in [1.82, 2.24) is 35.1 Å². The molecule has 300 valence electrons. The second-order valence-electron chi connectivity index (χ2n) is 14.6. The molecule has 3 aliphatic heterocycles. The molecule has 4 aromatic rings. The number of hydrogen-bond donors (Lipinski definition) is 4. The molecule has 4 N–H and O–H groups in total. The first kappa shape index (κ1) is 39.2. The number of carboxylic acids is 1. The Labute approximate surface area is 317 Å². The second kappa shape index (κ2) is 14.8. The Morgan fingerprint density at radius 1 is 1.12 bits per heavy atom. The molecule has 3 atom stereocenters. The van der Waals surface area contributed by atoms with Crippen LogP contribution < -0.4 is 20.9 Å². The van der Waals surface area contributed by atoms with Gasteiger partial charge in [0.15, 0.2) is 17.2 Å². The van der Waals surface area contributed by atoms with Crippen molar-refractivity contribution in [2.45, 2.75) is 62.9 Å². The van der Waals surface area contributed by atoms with Crippen molar-refractivity contribution in [1.29, 1.82) is 0 Å². The Bertz CT molecular complexity index is 2140. The number of carboxylic acid groups (broad SMARTS) is 1. The monoisotopic (exact) mass is 789 g/mol. The Morgan fingerprint density at radius 3 is 2.50 bits per heavy atom. The van der Waals surface area contributed by atoms with E-state index in [4.69, 9.17) is 19.7 Å². The number of benzene rings is 1. The summed E-state index contributed by atoms with van der Waals surface area (Å²) in [4.78, 5) is 35.3. The van der Waals surface area contributed by atoms with Crippen LogP contribution >= 0.6 is 0 Å². The van der Waals surface area contributed by atoms with Crippen molar-refractivity contribution in [2.24, 2.45) is 5.41 Å². The van der Waals surface area contributed by atoms with E-state index in [1.165, 1.54) is 12.3 Å². The molecule has 1 amide bonds. The molecule has 0 radical (unpaired) electrons. The van der Waals surface area contributed by atoms with Gasteiger partial charge in [0.25, 0.3) is 11.8 Å².